The van der Waals surface area contributed by atoms with E-state index in [1.54, 1.807) is 0 Å². The Balaban J connectivity index is 4.03. The van der Waals surface area contributed by atoms with Gasteiger partial charge in [0.05, 0.1) is 34.4 Å². The monoisotopic (exact) mass is 1080 g/mol. The minimum absolute atomic E-state index is 0.173. The molecular formula is C67H130NO8+. The maximum atomic E-state index is 12.9. The van der Waals surface area contributed by atoms with Gasteiger partial charge in [-0.05, 0) is 38.5 Å². The molecule has 9 nitrogen and oxygen atoms in total. The van der Waals surface area contributed by atoms with Crippen LogP contribution in [0.3, 0.4) is 0 Å². The van der Waals surface area contributed by atoms with Gasteiger partial charge in [-0.15, -0.1) is 0 Å². The summed E-state index contributed by atoms with van der Waals surface area (Å²) in [5.41, 5.74) is 0. The van der Waals surface area contributed by atoms with Crippen molar-refractivity contribution >= 4 is 17.9 Å². The lowest BCUT2D eigenvalue weighted by Crippen LogP contribution is -2.40. The van der Waals surface area contributed by atoms with Gasteiger partial charge >= 0.3 is 17.9 Å². The predicted molar refractivity (Wildman–Crippen MR) is 323 cm³/mol. The molecule has 0 fully saturated rings. The summed E-state index contributed by atoms with van der Waals surface area (Å²) in [5, 5.41) is 9.72. The number of esters is 2. The lowest BCUT2D eigenvalue weighted by atomic mass is 10.0. The molecule has 0 saturated carbocycles. The SMILES string of the molecule is CCCCCCCCCC/C=C\CCCCCCCCCCCCCCCCCCCCCCCC(=O)OC(COC(=O)CCCCCCCCCCCCCCCCCCCC)COC(OCC[N+](C)(C)C)C(=O)O. The van der Waals surface area contributed by atoms with Crippen LogP contribution in [0.1, 0.15) is 341 Å². The number of quaternary nitrogens is 1. The average Bonchev–Trinajstić information content (AvgIpc) is 3.39. The molecule has 0 spiro atoms. The van der Waals surface area contributed by atoms with Crippen LogP contribution >= 0.6 is 0 Å². The summed E-state index contributed by atoms with van der Waals surface area (Å²) < 4.78 is 23.0. The van der Waals surface area contributed by atoms with Crippen molar-refractivity contribution < 1.29 is 42.9 Å². The van der Waals surface area contributed by atoms with Crippen LogP contribution in [0.2, 0.25) is 0 Å². The minimum Gasteiger partial charge on any atom is -0.477 e. The van der Waals surface area contributed by atoms with Crippen molar-refractivity contribution in [3.8, 4) is 0 Å². The summed E-state index contributed by atoms with van der Waals surface area (Å²) >= 11 is 0. The first-order valence-corrected chi connectivity index (χ1v) is 33.4. The molecule has 9 heteroatoms. The standard InChI is InChI=1S/C67H129NO8/c1-6-8-10-12-14-16-18-20-22-24-26-27-28-29-30-31-32-33-34-35-36-37-38-39-40-42-44-46-48-50-52-54-56-58-65(70)76-63(62-75-67(66(71)72)73-60-59-68(3,4)5)61-74-64(69)57-55-53-51-49-47-45-43-41-25-23-21-19-17-15-13-11-9-7-2/h24,26,63,67H,6-23,25,27-62H2,1-5H3/p+1/b26-24-. The van der Waals surface area contributed by atoms with E-state index in [1.165, 1.54) is 276 Å². The van der Waals surface area contributed by atoms with Gasteiger partial charge in [0.1, 0.15) is 13.2 Å². The molecule has 0 heterocycles. The normalized spacial score (nSPS) is 12.7. The quantitative estimate of drug-likeness (QED) is 0.0211. The van der Waals surface area contributed by atoms with Crippen LogP contribution in [0.5, 0.6) is 0 Å². The number of nitrogens with zero attached hydrogens (tertiary/aromatic N) is 1. The number of allylic oxidation sites excluding steroid dienone is 2. The van der Waals surface area contributed by atoms with Crippen LogP contribution < -0.4 is 0 Å². The number of carboxylic acids is 1. The molecule has 0 amide bonds. The maximum Gasteiger partial charge on any atom is 0.361 e. The van der Waals surface area contributed by atoms with Crippen LogP contribution in [0.15, 0.2) is 12.2 Å². The molecule has 0 aliphatic rings. The molecule has 0 saturated heterocycles. The number of likely N-dealkylation sites (N-methyl/N-ethyl adjacent to an activating group) is 1. The van der Waals surface area contributed by atoms with Gasteiger partial charge in [-0.25, -0.2) is 4.79 Å². The van der Waals surface area contributed by atoms with E-state index in [1.807, 2.05) is 21.1 Å². The van der Waals surface area contributed by atoms with Gasteiger partial charge in [0.25, 0.3) is 6.29 Å². The zero-order valence-corrected chi connectivity index (χ0v) is 51.5. The van der Waals surface area contributed by atoms with Crippen molar-refractivity contribution in [3.63, 3.8) is 0 Å². The summed E-state index contributed by atoms with van der Waals surface area (Å²) in [4.78, 5) is 37.5. The topological polar surface area (TPSA) is 108 Å². The van der Waals surface area contributed by atoms with E-state index in [0.717, 1.165) is 38.5 Å². The molecule has 450 valence electrons. The average molecular weight is 1080 g/mol. The van der Waals surface area contributed by atoms with Crippen LogP contribution in [-0.4, -0.2) is 87.4 Å². The van der Waals surface area contributed by atoms with E-state index in [2.05, 4.69) is 26.0 Å². The highest BCUT2D eigenvalue weighted by Gasteiger charge is 2.25. The van der Waals surface area contributed by atoms with Gasteiger partial charge < -0.3 is 28.5 Å². The number of carboxylic acid groups (broad SMARTS) is 1. The summed E-state index contributed by atoms with van der Waals surface area (Å²) in [6.45, 7) is 4.95. The Morgan fingerprint density at radius 2 is 0.671 bits per heavy atom. The highest BCUT2D eigenvalue weighted by Crippen LogP contribution is 2.19. The third-order valence-electron chi connectivity index (χ3n) is 15.3. The predicted octanol–water partition coefficient (Wildman–Crippen LogP) is 20.1. The van der Waals surface area contributed by atoms with E-state index in [9.17, 15) is 19.5 Å². The van der Waals surface area contributed by atoms with Crippen molar-refractivity contribution in [1.29, 1.82) is 0 Å². The Hall–Kier alpha value is -1.97. The molecule has 0 aromatic rings. The Morgan fingerprint density at radius 3 is 0.974 bits per heavy atom. The van der Waals surface area contributed by atoms with Crippen LogP contribution in [0.4, 0.5) is 0 Å². The van der Waals surface area contributed by atoms with Gasteiger partial charge in [-0.2, -0.15) is 0 Å². The molecule has 0 aliphatic heterocycles. The molecular weight excluding hydrogens is 947 g/mol. The van der Waals surface area contributed by atoms with Gasteiger partial charge in [-0.1, -0.05) is 302 Å². The molecule has 0 rings (SSSR count). The van der Waals surface area contributed by atoms with Gasteiger partial charge in [0, 0.05) is 12.8 Å². The highest BCUT2D eigenvalue weighted by molar-refractivity contribution is 5.71. The zero-order valence-electron chi connectivity index (χ0n) is 51.5. The summed E-state index contributed by atoms with van der Waals surface area (Å²) in [6, 6.07) is 0. The molecule has 2 atom stereocenters. The number of hydrogen-bond donors (Lipinski definition) is 1. The number of carbonyl (C=O) groups is 3. The number of unbranched alkanes of at least 4 members (excludes halogenated alkanes) is 46. The molecule has 2 unspecified atom stereocenters. The first-order chi connectivity index (χ1) is 37.1. The molecule has 1 N–H and O–H groups in total. The van der Waals surface area contributed by atoms with E-state index in [4.69, 9.17) is 18.9 Å². The Morgan fingerprint density at radius 1 is 0.382 bits per heavy atom. The Labute approximate surface area is 472 Å². The third-order valence-corrected chi connectivity index (χ3v) is 15.3. The van der Waals surface area contributed by atoms with Crippen LogP contribution in [0.25, 0.3) is 0 Å². The van der Waals surface area contributed by atoms with Crippen molar-refractivity contribution in [2.24, 2.45) is 0 Å². The second-order valence-corrected chi connectivity index (χ2v) is 24.1. The number of carbonyl (C=O) groups excluding carboxylic acids is 2. The molecule has 76 heavy (non-hydrogen) atoms. The van der Waals surface area contributed by atoms with Crippen molar-refractivity contribution in [2.75, 3.05) is 47.5 Å². The van der Waals surface area contributed by atoms with Crippen molar-refractivity contribution in [2.45, 2.75) is 354 Å². The van der Waals surface area contributed by atoms with Gasteiger partial charge in [-0.3, -0.25) is 9.59 Å². The lowest BCUT2D eigenvalue weighted by molar-refractivity contribution is -0.870. The fourth-order valence-corrected chi connectivity index (χ4v) is 10.1. The first-order valence-electron chi connectivity index (χ1n) is 33.4. The fraction of sp³-hybridized carbons (Fsp3) is 0.925. The van der Waals surface area contributed by atoms with Crippen LogP contribution in [-0.2, 0) is 33.3 Å². The molecule has 0 aromatic heterocycles. The Kier molecular flexibility index (Phi) is 57.6. The first kappa shape index (κ1) is 74.0. The fourth-order valence-electron chi connectivity index (χ4n) is 10.1. The molecule has 0 bridgehead atoms. The van der Waals surface area contributed by atoms with E-state index in [0.29, 0.717) is 17.4 Å². The van der Waals surface area contributed by atoms with Crippen molar-refractivity contribution in [3.05, 3.63) is 12.2 Å². The van der Waals surface area contributed by atoms with Gasteiger partial charge in [0.2, 0.25) is 0 Å². The number of hydrogen-bond acceptors (Lipinski definition) is 7. The number of aliphatic carboxylic acids is 1. The van der Waals surface area contributed by atoms with E-state index >= 15 is 0 Å². The summed E-state index contributed by atoms with van der Waals surface area (Å²) in [7, 11) is 5.99. The molecule has 0 aromatic carbocycles. The van der Waals surface area contributed by atoms with Crippen molar-refractivity contribution in [1.82, 2.24) is 0 Å². The molecule has 0 aliphatic carbocycles. The minimum atomic E-state index is -1.50. The van der Waals surface area contributed by atoms with Crippen LogP contribution in [0, 0.1) is 0 Å². The molecule has 0 radical (unpaired) electrons. The second kappa shape index (κ2) is 59.2. The van der Waals surface area contributed by atoms with E-state index < -0.39 is 18.4 Å². The number of rotatable bonds is 63. The second-order valence-electron chi connectivity index (χ2n) is 24.1. The highest BCUT2D eigenvalue weighted by atomic mass is 16.7. The lowest BCUT2D eigenvalue weighted by Gasteiger charge is -2.25. The van der Waals surface area contributed by atoms with E-state index in [-0.39, 0.29) is 38.2 Å². The van der Waals surface area contributed by atoms with Gasteiger partial charge in [0.15, 0.2) is 6.10 Å². The zero-order chi connectivity index (χ0) is 55.5. The number of ether oxygens (including phenoxy) is 4. The maximum absolute atomic E-state index is 12.9. The largest absolute Gasteiger partial charge is 0.477 e. The summed E-state index contributed by atoms with van der Waals surface area (Å²) in [6.07, 6.45) is 67.5. The smallest absolute Gasteiger partial charge is 0.361 e. The Bertz CT molecular complexity index is 1250. The summed E-state index contributed by atoms with van der Waals surface area (Å²) in [5.74, 6) is -1.97. The third kappa shape index (κ3) is 59.7.